The Bertz CT molecular complexity index is 568. The van der Waals surface area contributed by atoms with Gasteiger partial charge in [-0.05, 0) is 40.5 Å². The molecule has 0 saturated carbocycles. The van der Waals surface area contributed by atoms with Gasteiger partial charge in [0.1, 0.15) is 3.79 Å². The third-order valence-electron chi connectivity index (χ3n) is 2.20. The van der Waals surface area contributed by atoms with Crippen molar-refractivity contribution in [2.45, 2.75) is 6.92 Å². The lowest BCUT2D eigenvalue weighted by atomic mass is 10.2. The minimum absolute atomic E-state index is 0.268. The SMILES string of the molecule is Cc1ccc(N)c(NC(=O)c2ncsc2Br)c1. The van der Waals surface area contributed by atoms with Gasteiger partial charge in [-0.25, -0.2) is 4.98 Å². The second-order valence-electron chi connectivity index (χ2n) is 3.52. The van der Waals surface area contributed by atoms with Crippen molar-refractivity contribution < 1.29 is 4.79 Å². The van der Waals surface area contributed by atoms with E-state index in [0.717, 1.165) is 5.56 Å². The number of nitrogens with zero attached hydrogens (tertiary/aromatic N) is 1. The summed E-state index contributed by atoms with van der Waals surface area (Å²) in [6, 6.07) is 5.48. The molecule has 0 atom stereocenters. The Balaban J connectivity index is 2.24. The van der Waals surface area contributed by atoms with Crippen LogP contribution in [0, 0.1) is 6.92 Å². The molecule has 0 bridgehead atoms. The van der Waals surface area contributed by atoms with E-state index in [1.165, 1.54) is 11.3 Å². The third kappa shape index (κ3) is 2.65. The van der Waals surface area contributed by atoms with Crippen LogP contribution in [-0.4, -0.2) is 10.9 Å². The predicted octanol–water partition coefficient (Wildman–Crippen LogP) is 3.05. The summed E-state index contributed by atoms with van der Waals surface area (Å²) in [7, 11) is 0. The molecule has 2 rings (SSSR count). The van der Waals surface area contributed by atoms with Crippen molar-refractivity contribution in [2.75, 3.05) is 11.1 Å². The lowest BCUT2D eigenvalue weighted by Gasteiger charge is -2.07. The molecule has 17 heavy (non-hydrogen) atoms. The molecule has 0 spiro atoms. The first-order valence-electron chi connectivity index (χ1n) is 4.84. The molecule has 0 aliphatic carbocycles. The summed E-state index contributed by atoms with van der Waals surface area (Å²) < 4.78 is 0.709. The van der Waals surface area contributed by atoms with E-state index in [1.54, 1.807) is 11.6 Å². The highest BCUT2D eigenvalue weighted by atomic mass is 79.9. The van der Waals surface area contributed by atoms with Crippen LogP contribution < -0.4 is 11.1 Å². The van der Waals surface area contributed by atoms with Crippen LogP contribution >= 0.6 is 27.3 Å². The standard InChI is InChI=1S/C11H10BrN3OS/c1-6-2-3-7(13)8(4-6)15-11(16)9-10(12)17-5-14-9/h2-5H,13H2,1H3,(H,15,16). The molecule has 0 unspecified atom stereocenters. The van der Waals surface area contributed by atoms with Crippen LogP contribution in [0.15, 0.2) is 27.5 Å². The number of hydrogen-bond donors (Lipinski definition) is 2. The third-order valence-corrected chi connectivity index (χ3v) is 3.74. The molecular weight excluding hydrogens is 302 g/mol. The van der Waals surface area contributed by atoms with E-state index >= 15 is 0 Å². The fraction of sp³-hybridized carbons (Fsp3) is 0.0909. The molecule has 0 aliphatic rings. The summed E-state index contributed by atoms with van der Waals surface area (Å²) >= 11 is 4.64. The summed E-state index contributed by atoms with van der Waals surface area (Å²) in [4.78, 5) is 15.9. The number of aryl methyl sites for hydroxylation is 1. The topological polar surface area (TPSA) is 68.0 Å². The van der Waals surface area contributed by atoms with E-state index in [0.29, 0.717) is 20.9 Å². The number of nitrogens with two attached hydrogens (primary N) is 1. The molecule has 1 heterocycles. The van der Waals surface area contributed by atoms with Crippen LogP contribution in [0.1, 0.15) is 16.1 Å². The Morgan fingerprint density at radius 2 is 2.29 bits per heavy atom. The van der Waals surface area contributed by atoms with Gasteiger partial charge in [-0.3, -0.25) is 4.79 Å². The van der Waals surface area contributed by atoms with Crippen LogP contribution in [0.2, 0.25) is 0 Å². The fourth-order valence-corrected chi connectivity index (χ4v) is 2.38. The summed E-state index contributed by atoms with van der Waals surface area (Å²) in [5, 5.41) is 2.74. The van der Waals surface area contributed by atoms with Crippen molar-refractivity contribution in [3.05, 3.63) is 38.8 Å². The number of amides is 1. The largest absolute Gasteiger partial charge is 0.397 e. The van der Waals surface area contributed by atoms with Gasteiger partial charge < -0.3 is 11.1 Å². The fourth-order valence-electron chi connectivity index (χ4n) is 1.34. The Morgan fingerprint density at radius 3 is 2.94 bits per heavy atom. The molecule has 6 heteroatoms. The van der Waals surface area contributed by atoms with Crippen LogP contribution in [0.5, 0.6) is 0 Å². The number of nitrogen functional groups attached to an aromatic ring is 1. The zero-order valence-electron chi connectivity index (χ0n) is 9.03. The van der Waals surface area contributed by atoms with E-state index in [4.69, 9.17) is 5.73 Å². The van der Waals surface area contributed by atoms with Crippen molar-refractivity contribution in [3.63, 3.8) is 0 Å². The lowest BCUT2D eigenvalue weighted by Crippen LogP contribution is -2.14. The molecular formula is C11H10BrN3OS. The number of carbonyl (C=O) groups excluding carboxylic acids is 1. The second kappa shape index (κ2) is 4.85. The highest BCUT2D eigenvalue weighted by Gasteiger charge is 2.14. The molecule has 2 aromatic rings. The molecule has 0 radical (unpaired) electrons. The van der Waals surface area contributed by atoms with Gasteiger partial charge in [0, 0.05) is 0 Å². The lowest BCUT2D eigenvalue weighted by molar-refractivity contribution is 0.102. The van der Waals surface area contributed by atoms with Crippen molar-refractivity contribution in [1.82, 2.24) is 4.98 Å². The van der Waals surface area contributed by atoms with Crippen LogP contribution in [0.25, 0.3) is 0 Å². The van der Waals surface area contributed by atoms with Gasteiger partial charge in [0.2, 0.25) is 0 Å². The molecule has 1 aromatic heterocycles. The van der Waals surface area contributed by atoms with Crippen molar-refractivity contribution >= 4 is 44.5 Å². The van der Waals surface area contributed by atoms with E-state index in [1.807, 2.05) is 19.1 Å². The number of carbonyl (C=O) groups is 1. The van der Waals surface area contributed by atoms with E-state index < -0.39 is 0 Å². The van der Waals surface area contributed by atoms with Crippen LogP contribution in [-0.2, 0) is 0 Å². The van der Waals surface area contributed by atoms with Gasteiger partial charge in [-0.2, -0.15) is 0 Å². The molecule has 1 aromatic carbocycles. The Labute approximate surface area is 111 Å². The predicted molar refractivity (Wildman–Crippen MR) is 73.4 cm³/mol. The number of hydrogen-bond acceptors (Lipinski definition) is 4. The molecule has 1 amide bonds. The number of rotatable bonds is 2. The van der Waals surface area contributed by atoms with E-state index in [9.17, 15) is 4.79 Å². The van der Waals surface area contributed by atoms with Gasteiger partial charge in [-0.15, -0.1) is 11.3 Å². The average molecular weight is 312 g/mol. The smallest absolute Gasteiger partial charge is 0.276 e. The number of halogens is 1. The molecule has 0 saturated heterocycles. The number of thiazole rings is 1. The zero-order chi connectivity index (χ0) is 12.4. The van der Waals surface area contributed by atoms with Crippen LogP contribution in [0.4, 0.5) is 11.4 Å². The van der Waals surface area contributed by atoms with Gasteiger partial charge in [0.15, 0.2) is 5.69 Å². The number of nitrogens with one attached hydrogen (secondary N) is 1. The zero-order valence-corrected chi connectivity index (χ0v) is 11.4. The maximum absolute atomic E-state index is 11.9. The summed E-state index contributed by atoms with van der Waals surface area (Å²) in [5.74, 6) is -0.268. The second-order valence-corrected chi connectivity index (χ2v) is 5.69. The number of benzene rings is 1. The Morgan fingerprint density at radius 1 is 1.53 bits per heavy atom. The maximum Gasteiger partial charge on any atom is 0.276 e. The first-order chi connectivity index (χ1) is 8.08. The highest BCUT2D eigenvalue weighted by Crippen LogP contribution is 2.24. The molecule has 3 N–H and O–H groups in total. The minimum Gasteiger partial charge on any atom is -0.397 e. The average Bonchev–Trinajstić information content (AvgIpc) is 2.70. The maximum atomic E-state index is 11.9. The molecule has 88 valence electrons. The Kier molecular flexibility index (Phi) is 3.44. The first kappa shape index (κ1) is 12.1. The summed E-state index contributed by atoms with van der Waals surface area (Å²) in [6.45, 7) is 1.94. The Hall–Kier alpha value is -1.40. The molecule has 0 fully saturated rings. The van der Waals surface area contributed by atoms with Gasteiger partial charge in [0.25, 0.3) is 5.91 Å². The number of aromatic nitrogens is 1. The van der Waals surface area contributed by atoms with Crippen LogP contribution in [0.3, 0.4) is 0 Å². The minimum atomic E-state index is -0.268. The number of anilines is 2. The van der Waals surface area contributed by atoms with Crippen molar-refractivity contribution in [2.24, 2.45) is 0 Å². The van der Waals surface area contributed by atoms with Crippen molar-refractivity contribution in [1.29, 1.82) is 0 Å². The summed E-state index contributed by atoms with van der Waals surface area (Å²) in [5.41, 5.74) is 9.94. The summed E-state index contributed by atoms with van der Waals surface area (Å²) in [6.07, 6.45) is 0. The van der Waals surface area contributed by atoms with Gasteiger partial charge >= 0.3 is 0 Å². The van der Waals surface area contributed by atoms with E-state index in [-0.39, 0.29) is 5.91 Å². The van der Waals surface area contributed by atoms with Crippen molar-refractivity contribution in [3.8, 4) is 0 Å². The normalized spacial score (nSPS) is 10.2. The van der Waals surface area contributed by atoms with Gasteiger partial charge in [0.05, 0.1) is 16.9 Å². The monoisotopic (exact) mass is 311 g/mol. The highest BCUT2D eigenvalue weighted by molar-refractivity contribution is 9.11. The quantitative estimate of drug-likeness (QED) is 0.838. The van der Waals surface area contributed by atoms with E-state index in [2.05, 4.69) is 26.2 Å². The molecule has 4 nitrogen and oxygen atoms in total. The first-order valence-corrected chi connectivity index (χ1v) is 6.51. The van der Waals surface area contributed by atoms with Gasteiger partial charge in [-0.1, -0.05) is 6.07 Å². The molecule has 0 aliphatic heterocycles.